The van der Waals surface area contributed by atoms with Crippen LogP contribution in [0.2, 0.25) is 0 Å². The van der Waals surface area contributed by atoms with Gasteiger partial charge in [-0.25, -0.2) is 0 Å². The fourth-order valence-electron chi connectivity index (χ4n) is 1.90. The minimum atomic E-state index is -4.31. The van der Waals surface area contributed by atoms with Crippen molar-refractivity contribution in [3.05, 3.63) is 29.3 Å². The van der Waals surface area contributed by atoms with Crippen LogP contribution in [0.1, 0.15) is 18.1 Å². The van der Waals surface area contributed by atoms with Crippen LogP contribution in [0.4, 0.5) is 13.2 Å². The predicted octanol–water partition coefficient (Wildman–Crippen LogP) is 2.62. The molecular formula is C12H14F3NO. The summed E-state index contributed by atoms with van der Waals surface area (Å²) in [7, 11) is 1.80. The highest BCUT2D eigenvalue weighted by molar-refractivity contribution is 5.42. The number of alkyl halides is 3. The van der Waals surface area contributed by atoms with Gasteiger partial charge in [-0.05, 0) is 31.7 Å². The average molecular weight is 245 g/mol. The number of nitrogens with one attached hydrogen (secondary N) is 1. The van der Waals surface area contributed by atoms with Gasteiger partial charge < -0.3 is 10.1 Å². The van der Waals surface area contributed by atoms with Gasteiger partial charge in [0, 0.05) is 12.5 Å². The fourth-order valence-corrected chi connectivity index (χ4v) is 1.90. The first kappa shape index (κ1) is 12.2. The maximum atomic E-state index is 12.5. The van der Waals surface area contributed by atoms with Gasteiger partial charge in [0.2, 0.25) is 0 Å². The topological polar surface area (TPSA) is 21.3 Å². The second kappa shape index (κ2) is 4.22. The average Bonchev–Trinajstić information content (AvgIpc) is 2.69. The van der Waals surface area contributed by atoms with Crippen molar-refractivity contribution >= 4 is 0 Å². The minimum absolute atomic E-state index is 0.0986. The Kier molecular flexibility index (Phi) is 3.03. The van der Waals surface area contributed by atoms with E-state index < -0.39 is 11.7 Å². The highest BCUT2D eigenvalue weighted by atomic mass is 19.4. The first-order chi connectivity index (χ1) is 7.91. The molecule has 0 aromatic heterocycles. The maximum absolute atomic E-state index is 12.5. The quantitative estimate of drug-likeness (QED) is 0.864. The lowest BCUT2D eigenvalue weighted by Gasteiger charge is -2.18. The second-order valence-corrected chi connectivity index (χ2v) is 4.26. The third kappa shape index (κ3) is 2.39. The van der Waals surface area contributed by atoms with Crippen LogP contribution in [0.5, 0.6) is 5.75 Å². The summed E-state index contributed by atoms with van der Waals surface area (Å²) < 4.78 is 43.1. The molecule has 1 N–H and O–H groups in total. The van der Waals surface area contributed by atoms with Crippen LogP contribution < -0.4 is 10.1 Å². The molecule has 0 fully saturated rings. The Balaban J connectivity index is 2.22. The fraction of sp³-hybridized carbons (Fsp3) is 0.500. The Hall–Kier alpha value is -1.23. The summed E-state index contributed by atoms with van der Waals surface area (Å²) in [5.41, 5.74) is 0.180. The van der Waals surface area contributed by atoms with E-state index in [2.05, 4.69) is 5.32 Å². The minimum Gasteiger partial charge on any atom is -0.488 e. The van der Waals surface area contributed by atoms with E-state index in [1.165, 1.54) is 6.07 Å². The normalized spacial score (nSPS) is 20.9. The third-order valence-corrected chi connectivity index (χ3v) is 3.11. The zero-order valence-corrected chi connectivity index (χ0v) is 9.64. The van der Waals surface area contributed by atoms with Crippen LogP contribution in [0.15, 0.2) is 18.2 Å². The van der Waals surface area contributed by atoms with E-state index >= 15 is 0 Å². The van der Waals surface area contributed by atoms with Gasteiger partial charge in [0.05, 0.1) is 5.56 Å². The van der Waals surface area contributed by atoms with Crippen molar-refractivity contribution in [2.75, 3.05) is 7.05 Å². The van der Waals surface area contributed by atoms with Gasteiger partial charge in [-0.15, -0.1) is 0 Å². The van der Waals surface area contributed by atoms with Crippen molar-refractivity contribution < 1.29 is 17.9 Å². The van der Waals surface area contributed by atoms with Crippen LogP contribution in [-0.2, 0) is 12.6 Å². The molecule has 0 radical (unpaired) electrons. The molecule has 0 spiro atoms. The third-order valence-electron chi connectivity index (χ3n) is 3.11. The number of fused-ring (bicyclic) bond motifs is 1. The summed E-state index contributed by atoms with van der Waals surface area (Å²) in [6, 6.07) is 3.80. The molecular weight excluding hydrogens is 231 g/mol. The molecule has 0 bridgehead atoms. The molecule has 1 aliphatic heterocycles. The van der Waals surface area contributed by atoms with E-state index in [1.54, 1.807) is 7.05 Å². The Morgan fingerprint density at radius 3 is 2.71 bits per heavy atom. The zero-order valence-electron chi connectivity index (χ0n) is 9.64. The molecule has 0 saturated carbocycles. The van der Waals surface area contributed by atoms with Gasteiger partial charge in [0.15, 0.2) is 0 Å². The Bertz CT molecular complexity index is 417. The first-order valence-electron chi connectivity index (χ1n) is 5.46. The summed E-state index contributed by atoms with van der Waals surface area (Å²) in [6.45, 7) is 1.95. The van der Waals surface area contributed by atoms with Crippen molar-refractivity contribution in [2.45, 2.75) is 31.7 Å². The molecule has 94 valence electrons. The van der Waals surface area contributed by atoms with Gasteiger partial charge in [-0.3, -0.25) is 0 Å². The lowest BCUT2D eigenvalue weighted by atomic mass is 10.0. The number of rotatable bonds is 2. The van der Waals surface area contributed by atoms with Gasteiger partial charge in [0.25, 0.3) is 0 Å². The smallest absolute Gasteiger partial charge is 0.416 e. The van der Waals surface area contributed by atoms with Crippen molar-refractivity contribution in [1.82, 2.24) is 5.32 Å². The van der Waals surface area contributed by atoms with Gasteiger partial charge in [-0.2, -0.15) is 13.2 Å². The summed E-state index contributed by atoms with van der Waals surface area (Å²) in [4.78, 5) is 0. The highest BCUT2D eigenvalue weighted by Gasteiger charge is 2.34. The molecule has 1 aliphatic rings. The van der Waals surface area contributed by atoms with Crippen molar-refractivity contribution in [2.24, 2.45) is 0 Å². The number of hydrogen-bond donors (Lipinski definition) is 1. The van der Waals surface area contributed by atoms with Crippen molar-refractivity contribution in [1.29, 1.82) is 0 Å². The highest BCUT2D eigenvalue weighted by Crippen LogP contribution is 2.36. The molecule has 2 nitrogen and oxygen atoms in total. The van der Waals surface area contributed by atoms with Crippen LogP contribution in [0.25, 0.3) is 0 Å². The number of halogens is 3. The standard InChI is InChI=1S/C12H14F3NO/c1-7(16-2)10-5-8-3-4-9(12(13,14)15)6-11(8)17-10/h3-4,6-7,10,16H,5H2,1-2H3. The molecule has 2 unspecified atom stereocenters. The molecule has 5 heteroatoms. The predicted molar refractivity (Wildman–Crippen MR) is 58.1 cm³/mol. The van der Waals surface area contributed by atoms with E-state index in [1.807, 2.05) is 6.92 Å². The Labute approximate surface area is 97.8 Å². The van der Waals surface area contributed by atoms with Crippen molar-refractivity contribution in [3.8, 4) is 5.75 Å². The maximum Gasteiger partial charge on any atom is 0.416 e. The molecule has 0 amide bonds. The molecule has 2 rings (SSSR count). The molecule has 0 aliphatic carbocycles. The monoisotopic (exact) mass is 245 g/mol. The van der Waals surface area contributed by atoms with Crippen LogP contribution in [-0.4, -0.2) is 19.2 Å². The number of likely N-dealkylation sites (N-methyl/N-ethyl adjacent to an activating group) is 1. The Morgan fingerprint density at radius 1 is 1.41 bits per heavy atom. The number of benzene rings is 1. The van der Waals surface area contributed by atoms with Gasteiger partial charge >= 0.3 is 6.18 Å². The van der Waals surface area contributed by atoms with Crippen molar-refractivity contribution in [3.63, 3.8) is 0 Å². The Morgan fingerprint density at radius 2 is 2.12 bits per heavy atom. The lowest BCUT2D eigenvalue weighted by Crippen LogP contribution is -2.37. The van der Waals surface area contributed by atoms with E-state index in [4.69, 9.17) is 4.74 Å². The van der Waals surface area contributed by atoms with Crippen LogP contribution in [0.3, 0.4) is 0 Å². The van der Waals surface area contributed by atoms with Crippen LogP contribution in [0, 0.1) is 0 Å². The van der Waals surface area contributed by atoms with E-state index in [0.717, 1.165) is 17.7 Å². The molecule has 1 aromatic rings. The summed E-state index contributed by atoms with van der Waals surface area (Å²) in [5.74, 6) is 0.354. The first-order valence-corrected chi connectivity index (χ1v) is 5.46. The van der Waals surface area contributed by atoms with Gasteiger partial charge in [0.1, 0.15) is 11.9 Å². The van der Waals surface area contributed by atoms with Gasteiger partial charge in [-0.1, -0.05) is 6.07 Å². The largest absolute Gasteiger partial charge is 0.488 e. The summed E-state index contributed by atoms with van der Waals surface area (Å²) in [6.07, 6.45) is -3.76. The number of hydrogen-bond acceptors (Lipinski definition) is 2. The van der Waals surface area contributed by atoms with E-state index in [-0.39, 0.29) is 12.1 Å². The lowest BCUT2D eigenvalue weighted by molar-refractivity contribution is -0.137. The van der Waals surface area contributed by atoms with E-state index in [0.29, 0.717) is 12.2 Å². The molecule has 2 atom stereocenters. The summed E-state index contributed by atoms with van der Waals surface area (Å²) in [5, 5.41) is 3.04. The molecule has 17 heavy (non-hydrogen) atoms. The van der Waals surface area contributed by atoms with Crippen LogP contribution >= 0.6 is 0 Å². The number of ether oxygens (including phenoxy) is 1. The molecule has 0 saturated heterocycles. The summed E-state index contributed by atoms with van der Waals surface area (Å²) >= 11 is 0. The molecule has 1 aromatic carbocycles. The SMILES string of the molecule is CNC(C)C1Cc2ccc(C(F)(F)F)cc2O1. The zero-order chi connectivity index (χ0) is 12.6. The second-order valence-electron chi connectivity index (χ2n) is 4.26. The molecule has 1 heterocycles. The van der Waals surface area contributed by atoms with E-state index in [9.17, 15) is 13.2 Å².